The molecule has 21 heavy (non-hydrogen) atoms. The van der Waals surface area contributed by atoms with Crippen LogP contribution in [0.4, 0.5) is 0 Å². The third-order valence-electron chi connectivity index (χ3n) is 3.05. The summed E-state index contributed by atoms with van der Waals surface area (Å²) in [5.74, 6) is -2.11. The number of carboxylic acid groups (broad SMARTS) is 1. The quantitative estimate of drug-likeness (QED) is 0.823. The summed E-state index contributed by atoms with van der Waals surface area (Å²) in [6, 6.07) is 4.30. The zero-order chi connectivity index (χ0) is 15.6. The van der Waals surface area contributed by atoms with Crippen LogP contribution in [0.2, 0.25) is 5.02 Å². The number of rotatable bonds is 5. The molecule has 1 aliphatic heterocycles. The van der Waals surface area contributed by atoms with Gasteiger partial charge in [-0.05, 0) is 18.2 Å². The van der Waals surface area contributed by atoms with Crippen LogP contribution in [0.25, 0.3) is 0 Å². The van der Waals surface area contributed by atoms with Crippen LogP contribution in [0.15, 0.2) is 18.2 Å². The minimum absolute atomic E-state index is 0.115. The van der Waals surface area contributed by atoms with Crippen molar-refractivity contribution in [2.45, 2.75) is 12.5 Å². The highest BCUT2D eigenvalue weighted by molar-refractivity contribution is 6.30. The van der Waals surface area contributed by atoms with Gasteiger partial charge in [0.25, 0.3) is 11.8 Å². The van der Waals surface area contributed by atoms with Crippen molar-refractivity contribution in [1.29, 1.82) is 0 Å². The van der Waals surface area contributed by atoms with Gasteiger partial charge in [-0.25, -0.2) is 0 Å². The number of carboxylic acids is 1. The normalized spacial score (nSPS) is 17.9. The molecule has 0 spiro atoms. The Morgan fingerprint density at radius 1 is 1.48 bits per heavy atom. The fraction of sp³-hybridized carbons (Fsp3) is 0.308. The van der Waals surface area contributed by atoms with E-state index in [0.29, 0.717) is 11.4 Å². The van der Waals surface area contributed by atoms with E-state index in [-0.39, 0.29) is 24.4 Å². The fourth-order valence-electron chi connectivity index (χ4n) is 2.09. The molecule has 2 amide bonds. The smallest absolute Gasteiger partial charge is 0.323 e. The second-order valence-electron chi connectivity index (χ2n) is 4.55. The monoisotopic (exact) mass is 312 g/mol. The molecule has 112 valence electrons. The van der Waals surface area contributed by atoms with Gasteiger partial charge >= 0.3 is 5.97 Å². The fourth-order valence-corrected chi connectivity index (χ4v) is 2.25. The third kappa shape index (κ3) is 3.43. The highest BCUT2D eigenvalue weighted by Gasteiger charge is 2.35. The number of aliphatic carboxylic acids is 1. The molecule has 0 radical (unpaired) electrons. The topological polar surface area (TPSA) is 110 Å². The van der Waals surface area contributed by atoms with Crippen molar-refractivity contribution in [3.05, 3.63) is 28.8 Å². The molecule has 0 saturated carbocycles. The summed E-state index contributed by atoms with van der Waals surface area (Å²) in [6.07, 6.45) is -0.516. The van der Waals surface area contributed by atoms with Gasteiger partial charge in [0.1, 0.15) is 12.3 Å². The molecule has 3 N–H and O–H groups in total. The van der Waals surface area contributed by atoms with Crippen LogP contribution in [0.5, 0.6) is 5.75 Å². The predicted octanol–water partition coefficient (Wildman–Crippen LogP) is 0.503. The van der Waals surface area contributed by atoms with E-state index in [2.05, 4.69) is 0 Å². The Hall–Kier alpha value is -2.28. The van der Waals surface area contributed by atoms with Crippen LogP contribution in [0, 0.1) is 0 Å². The zero-order valence-electron chi connectivity index (χ0n) is 10.9. The van der Waals surface area contributed by atoms with Gasteiger partial charge in [-0.3, -0.25) is 14.4 Å². The number of likely N-dealkylation sites (tertiary alicyclic amines) is 1. The highest BCUT2D eigenvalue weighted by Crippen LogP contribution is 2.26. The zero-order valence-corrected chi connectivity index (χ0v) is 11.7. The van der Waals surface area contributed by atoms with Crippen LogP contribution in [0.3, 0.4) is 0 Å². The van der Waals surface area contributed by atoms with E-state index in [1.165, 1.54) is 23.1 Å². The van der Waals surface area contributed by atoms with Crippen LogP contribution >= 0.6 is 11.6 Å². The minimum Gasteiger partial charge on any atom is -0.480 e. The van der Waals surface area contributed by atoms with E-state index < -0.39 is 23.9 Å². The maximum atomic E-state index is 12.0. The first-order valence-electron chi connectivity index (χ1n) is 6.15. The molecule has 1 saturated heterocycles. The highest BCUT2D eigenvalue weighted by atomic mass is 35.5. The number of benzene rings is 1. The molecule has 8 heteroatoms. The second-order valence-corrected chi connectivity index (χ2v) is 4.99. The summed E-state index contributed by atoms with van der Waals surface area (Å²) in [4.78, 5) is 35.1. The van der Waals surface area contributed by atoms with E-state index in [9.17, 15) is 14.4 Å². The maximum absolute atomic E-state index is 12.0. The molecule has 1 aliphatic rings. The van der Waals surface area contributed by atoms with Gasteiger partial charge in [-0.15, -0.1) is 0 Å². The number of hydrogen-bond acceptors (Lipinski definition) is 4. The SMILES string of the molecule is NC(=O)c1ccc(Cl)cc1OC1CCN(CC(=O)O)C1=O. The molecule has 1 atom stereocenters. The maximum Gasteiger partial charge on any atom is 0.323 e. The van der Waals surface area contributed by atoms with E-state index in [4.69, 9.17) is 27.2 Å². The number of ether oxygens (including phenoxy) is 1. The minimum atomic E-state index is -1.09. The molecule has 2 rings (SSSR count). The van der Waals surface area contributed by atoms with Crippen LogP contribution in [-0.4, -0.2) is 47.0 Å². The average Bonchev–Trinajstić information content (AvgIpc) is 2.70. The van der Waals surface area contributed by atoms with Crippen molar-refractivity contribution < 1.29 is 24.2 Å². The molecular weight excluding hydrogens is 300 g/mol. The van der Waals surface area contributed by atoms with Crippen LogP contribution in [-0.2, 0) is 9.59 Å². The Balaban J connectivity index is 2.16. The third-order valence-corrected chi connectivity index (χ3v) is 3.29. The number of hydrogen-bond donors (Lipinski definition) is 2. The van der Waals surface area contributed by atoms with Gasteiger partial charge in [0, 0.05) is 18.0 Å². The lowest BCUT2D eigenvalue weighted by Gasteiger charge is -2.16. The van der Waals surface area contributed by atoms with Crippen molar-refractivity contribution in [2.24, 2.45) is 5.73 Å². The first-order valence-corrected chi connectivity index (χ1v) is 6.53. The molecular formula is C13H13ClN2O5. The molecule has 1 aromatic rings. The summed E-state index contributed by atoms with van der Waals surface area (Å²) in [5, 5.41) is 9.04. The molecule has 1 unspecified atom stereocenters. The van der Waals surface area contributed by atoms with Crippen molar-refractivity contribution in [2.75, 3.05) is 13.1 Å². The van der Waals surface area contributed by atoms with Gasteiger partial charge in [0.2, 0.25) is 0 Å². The predicted molar refractivity (Wildman–Crippen MR) is 73.2 cm³/mol. The molecule has 7 nitrogen and oxygen atoms in total. The Labute approximate surface area is 125 Å². The molecule has 0 aromatic heterocycles. The average molecular weight is 313 g/mol. The second kappa shape index (κ2) is 6.01. The molecule has 1 heterocycles. The molecule has 0 bridgehead atoms. The summed E-state index contributed by atoms with van der Waals surface area (Å²) in [5.41, 5.74) is 5.35. The summed E-state index contributed by atoms with van der Waals surface area (Å²) < 4.78 is 5.50. The van der Waals surface area contributed by atoms with Gasteiger partial charge in [-0.1, -0.05) is 11.6 Å². The standard InChI is InChI=1S/C13H13ClN2O5/c14-7-1-2-8(12(15)19)10(5-7)21-9-3-4-16(13(9)20)6-11(17)18/h1-2,5,9H,3-4,6H2,(H2,15,19)(H,17,18). The van der Waals surface area contributed by atoms with E-state index >= 15 is 0 Å². The van der Waals surface area contributed by atoms with E-state index in [1.807, 2.05) is 0 Å². The van der Waals surface area contributed by atoms with Gasteiger partial charge < -0.3 is 20.5 Å². The van der Waals surface area contributed by atoms with Gasteiger partial charge in [-0.2, -0.15) is 0 Å². The molecule has 1 aromatic carbocycles. The Kier molecular flexibility index (Phi) is 4.32. The number of primary amides is 1. The van der Waals surface area contributed by atoms with Crippen molar-refractivity contribution in [3.63, 3.8) is 0 Å². The Bertz CT molecular complexity index is 604. The first kappa shape index (κ1) is 15.1. The largest absolute Gasteiger partial charge is 0.480 e. The lowest BCUT2D eigenvalue weighted by atomic mass is 10.2. The number of carbonyl (C=O) groups is 3. The van der Waals surface area contributed by atoms with E-state index in [1.54, 1.807) is 0 Å². The Morgan fingerprint density at radius 3 is 2.81 bits per heavy atom. The first-order chi connectivity index (χ1) is 9.88. The summed E-state index contributed by atoms with van der Waals surface area (Å²) in [6.45, 7) is -0.0980. The van der Waals surface area contributed by atoms with Gasteiger partial charge in [0.05, 0.1) is 5.56 Å². The molecule has 1 fully saturated rings. The molecule has 0 aliphatic carbocycles. The van der Waals surface area contributed by atoms with Crippen molar-refractivity contribution in [1.82, 2.24) is 4.90 Å². The van der Waals surface area contributed by atoms with Gasteiger partial charge in [0.15, 0.2) is 6.10 Å². The van der Waals surface area contributed by atoms with Crippen LogP contribution in [0.1, 0.15) is 16.8 Å². The number of nitrogens with two attached hydrogens (primary N) is 1. The number of carbonyl (C=O) groups excluding carboxylic acids is 2. The number of nitrogens with zero attached hydrogens (tertiary/aromatic N) is 1. The van der Waals surface area contributed by atoms with Crippen LogP contribution < -0.4 is 10.5 Å². The van der Waals surface area contributed by atoms with E-state index in [0.717, 1.165) is 0 Å². The lowest BCUT2D eigenvalue weighted by molar-refractivity contribution is -0.144. The Morgan fingerprint density at radius 2 is 2.19 bits per heavy atom. The van der Waals surface area contributed by atoms with Crippen molar-refractivity contribution in [3.8, 4) is 5.75 Å². The van der Waals surface area contributed by atoms with Crippen molar-refractivity contribution >= 4 is 29.4 Å². The summed E-state index contributed by atoms with van der Waals surface area (Å²) in [7, 11) is 0. The summed E-state index contributed by atoms with van der Waals surface area (Å²) >= 11 is 5.84. The lowest BCUT2D eigenvalue weighted by Crippen LogP contribution is -2.36. The number of halogens is 1. The number of amides is 2.